The van der Waals surface area contributed by atoms with Crippen molar-refractivity contribution in [1.82, 2.24) is 33.4 Å². The van der Waals surface area contributed by atoms with Crippen LogP contribution in [0.15, 0.2) is 36.7 Å². The maximum absolute atomic E-state index is 4.71. The number of benzene rings is 1. The van der Waals surface area contributed by atoms with E-state index in [1.165, 1.54) is 23.0 Å². The molecule has 0 radical (unpaired) electrons. The molecule has 1 aromatic carbocycles. The summed E-state index contributed by atoms with van der Waals surface area (Å²) in [6.07, 6.45) is 3.82. The molecule has 4 heterocycles. The van der Waals surface area contributed by atoms with Gasteiger partial charge in [0.1, 0.15) is 16.7 Å². The molecule has 10 heteroatoms. The lowest BCUT2D eigenvalue weighted by Gasteiger charge is -2.13. The first kappa shape index (κ1) is 18.8. The van der Waals surface area contributed by atoms with Crippen molar-refractivity contribution >= 4 is 47.6 Å². The molecular weight excluding hydrogens is 393 g/mol. The first-order chi connectivity index (χ1) is 11.9. The molecule has 0 fully saturated rings. The Morgan fingerprint density at radius 3 is 2.88 bits per heavy atom. The van der Waals surface area contributed by atoms with E-state index in [0.29, 0.717) is 0 Å². The Bertz CT molecular complexity index is 999. The van der Waals surface area contributed by atoms with Crippen LogP contribution in [0.4, 0.5) is 0 Å². The van der Waals surface area contributed by atoms with Crippen molar-refractivity contribution in [1.29, 1.82) is 0 Å². The molecule has 1 aliphatic rings. The Hall–Kier alpha value is -2.00. The normalized spacial score (nSPS) is 13.1. The minimum atomic E-state index is 0. The lowest BCUT2D eigenvalue weighted by atomic mass is 10.2. The molecule has 0 bridgehead atoms. The zero-order valence-corrected chi connectivity index (χ0v) is 16.2. The van der Waals surface area contributed by atoms with E-state index in [9.17, 15) is 0 Å². The predicted octanol–water partition coefficient (Wildman–Crippen LogP) is 2.75. The van der Waals surface area contributed by atoms with E-state index < -0.39 is 0 Å². The van der Waals surface area contributed by atoms with E-state index in [4.69, 9.17) is 5.10 Å². The van der Waals surface area contributed by atoms with Crippen LogP contribution in [-0.2, 0) is 19.6 Å². The highest BCUT2D eigenvalue weighted by molar-refractivity contribution is 7.00. The molecule has 1 aliphatic heterocycles. The van der Waals surface area contributed by atoms with Gasteiger partial charge in [-0.3, -0.25) is 4.68 Å². The zero-order valence-electron chi connectivity index (χ0n) is 13.7. The Labute approximate surface area is 166 Å². The van der Waals surface area contributed by atoms with Crippen molar-refractivity contribution in [2.75, 3.05) is 6.54 Å². The third-order valence-electron chi connectivity index (χ3n) is 4.29. The number of aromatic nitrogens is 6. The van der Waals surface area contributed by atoms with E-state index in [0.717, 1.165) is 48.7 Å². The van der Waals surface area contributed by atoms with Crippen LogP contribution < -0.4 is 5.32 Å². The molecule has 4 aromatic rings. The Kier molecular flexibility index (Phi) is 5.57. The van der Waals surface area contributed by atoms with Gasteiger partial charge >= 0.3 is 0 Å². The first-order valence-corrected chi connectivity index (χ1v) is 8.60. The number of rotatable bonds is 3. The van der Waals surface area contributed by atoms with Gasteiger partial charge in [0.15, 0.2) is 5.82 Å². The second-order valence-corrected chi connectivity index (χ2v) is 6.42. The average molecular weight is 410 g/mol. The number of hydrogen-bond acceptors (Lipinski definition) is 6. The van der Waals surface area contributed by atoms with Gasteiger partial charge in [-0.25, -0.2) is 4.98 Å². The minimum Gasteiger partial charge on any atom is -0.325 e. The molecule has 0 spiro atoms. The number of fused-ring (bicyclic) bond motifs is 2. The summed E-state index contributed by atoms with van der Waals surface area (Å²) in [4.78, 5) is 4.52. The Balaban J connectivity index is 0.000000980. The molecule has 3 aromatic heterocycles. The topological polar surface area (TPSA) is 73.5 Å². The number of hydrogen-bond donors (Lipinski definition) is 1. The van der Waals surface area contributed by atoms with Gasteiger partial charge in [-0.2, -0.15) is 13.8 Å². The van der Waals surface area contributed by atoms with Crippen LogP contribution in [0.25, 0.3) is 22.6 Å². The first-order valence-electron chi connectivity index (χ1n) is 7.87. The fourth-order valence-electron chi connectivity index (χ4n) is 3.09. The van der Waals surface area contributed by atoms with Crippen molar-refractivity contribution in [2.45, 2.75) is 19.6 Å². The van der Waals surface area contributed by atoms with Gasteiger partial charge in [-0.1, -0.05) is 6.07 Å². The summed E-state index contributed by atoms with van der Waals surface area (Å²) < 4.78 is 12.8. The molecule has 0 amide bonds. The summed E-state index contributed by atoms with van der Waals surface area (Å²) in [7, 11) is 0. The highest BCUT2D eigenvalue weighted by atomic mass is 35.5. The quantitative estimate of drug-likeness (QED) is 0.562. The Morgan fingerprint density at radius 2 is 2.00 bits per heavy atom. The maximum atomic E-state index is 4.71. The third kappa shape index (κ3) is 3.33. The van der Waals surface area contributed by atoms with Crippen molar-refractivity contribution in [3.05, 3.63) is 47.9 Å². The lowest BCUT2D eigenvalue weighted by molar-refractivity contribution is 0.476. The summed E-state index contributed by atoms with van der Waals surface area (Å²) in [6, 6.07) is 8.32. The summed E-state index contributed by atoms with van der Waals surface area (Å²) in [5, 5.41) is 8.08. The van der Waals surface area contributed by atoms with Crippen molar-refractivity contribution < 1.29 is 0 Å². The Morgan fingerprint density at radius 1 is 1.12 bits per heavy atom. The van der Waals surface area contributed by atoms with Gasteiger partial charge in [0.2, 0.25) is 0 Å². The van der Waals surface area contributed by atoms with E-state index >= 15 is 0 Å². The molecule has 136 valence electrons. The standard InChI is InChI=1S/C16H15N7S.2ClH/c1-2-13-14(21-24-20-13)7-11(1)10-22-5-4-18-16(22)15-8-12-9-17-3-6-23(12)19-15;;/h1-2,4-5,7-8,17H,3,6,9-10H2;2*1H. The number of nitrogens with one attached hydrogen (secondary N) is 1. The van der Waals surface area contributed by atoms with Crippen LogP contribution in [-0.4, -0.2) is 34.6 Å². The smallest absolute Gasteiger partial charge is 0.160 e. The molecular formula is C16H17Cl2N7S. The van der Waals surface area contributed by atoms with Crippen molar-refractivity contribution in [3.63, 3.8) is 0 Å². The average Bonchev–Trinajstić information content (AvgIpc) is 3.33. The fourth-order valence-corrected chi connectivity index (χ4v) is 3.61. The van der Waals surface area contributed by atoms with Gasteiger partial charge in [-0.05, 0) is 23.8 Å². The van der Waals surface area contributed by atoms with Gasteiger partial charge < -0.3 is 9.88 Å². The molecule has 0 saturated heterocycles. The largest absolute Gasteiger partial charge is 0.325 e. The van der Waals surface area contributed by atoms with E-state index in [1.807, 2.05) is 18.5 Å². The van der Waals surface area contributed by atoms with Crippen molar-refractivity contribution in [3.8, 4) is 11.5 Å². The predicted molar refractivity (Wildman–Crippen MR) is 106 cm³/mol. The SMILES string of the molecule is Cl.Cl.c1cn(Cc2ccc3nsnc3c2)c(-c2cc3n(n2)CCNC3)n1. The number of halogens is 2. The molecule has 0 aliphatic carbocycles. The molecule has 0 atom stereocenters. The van der Waals surface area contributed by atoms with Crippen LogP contribution in [0.3, 0.4) is 0 Å². The monoisotopic (exact) mass is 409 g/mol. The maximum Gasteiger partial charge on any atom is 0.160 e. The lowest BCUT2D eigenvalue weighted by Crippen LogP contribution is -2.28. The van der Waals surface area contributed by atoms with E-state index in [1.54, 1.807) is 0 Å². The fraction of sp³-hybridized carbons (Fsp3) is 0.250. The van der Waals surface area contributed by atoms with Crippen LogP contribution in [0.2, 0.25) is 0 Å². The molecule has 0 unspecified atom stereocenters. The van der Waals surface area contributed by atoms with Gasteiger partial charge in [0.05, 0.1) is 24.0 Å². The highest BCUT2D eigenvalue weighted by Crippen LogP contribution is 2.21. The van der Waals surface area contributed by atoms with Gasteiger partial charge in [-0.15, -0.1) is 24.8 Å². The van der Waals surface area contributed by atoms with Crippen LogP contribution in [0.5, 0.6) is 0 Å². The number of imidazole rings is 1. The van der Waals surface area contributed by atoms with Crippen molar-refractivity contribution in [2.24, 2.45) is 0 Å². The second-order valence-electron chi connectivity index (χ2n) is 5.89. The van der Waals surface area contributed by atoms with Crippen LogP contribution in [0.1, 0.15) is 11.3 Å². The van der Waals surface area contributed by atoms with E-state index in [-0.39, 0.29) is 24.8 Å². The van der Waals surface area contributed by atoms with Crippen LogP contribution in [0, 0.1) is 0 Å². The minimum absolute atomic E-state index is 0. The highest BCUT2D eigenvalue weighted by Gasteiger charge is 2.16. The molecule has 5 rings (SSSR count). The molecule has 7 nitrogen and oxygen atoms in total. The number of nitrogens with zero attached hydrogens (tertiary/aromatic N) is 6. The third-order valence-corrected chi connectivity index (χ3v) is 4.84. The zero-order chi connectivity index (χ0) is 15.9. The summed E-state index contributed by atoms with van der Waals surface area (Å²) in [6.45, 7) is 3.47. The molecule has 0 saturated carbocycles. The molecule has 26 heavy (non-hydrogen) atoms. The van der Waals surface area contributed by atoms with Gasteiger partial charge in [0.25, 0.3) is 0 Å². The molecule has 1 N–H and O–H groups in total. The van der Waals surface area contributed by atoms with Crippen LogP contribution >= 0.6 is 36.5 Å². The van der Waals surface area contributed by atoms with E-state index in [2.05, 4.69) is 46.5 Å². The van der Waals surface area contributed by atoms with Gasteiger partial charge in [0, 0.05) is 32.0 Å². The summed E-state index contributed by atoms with van der Waals surface area (Å²) in [5.41, 5.74) is 5.21. The summed E-state index contributed by atoms with van der Waals surface area (Å²) >= 11 is 1.25. The summed E-state index contributed by atoms with van der Waals surface area (Å²) in [5.74, 6) is 0.897. The second kappa shape index (κ2) is 7.71.